The number of hydrogen-bond donors (Lipinski definition) is 0. The van der Waals surface area contributed by atoms with Gasteiger partial charge in [-0.1, -0.05) is 18.2 Å². The molecule has 2 atom stereocenters. The summed E-state index contributed by atoms with van der Waals surface area (Å²) in [5.74, 6) is -0.206. The molecule has 2 aromatic rings. The van der Waals surface area contributed by atoms with E-state index in [0.717, 1.165) is 5.69 Å². The van der Waals surface area contributed by atoms with Gasteiger partial charge >= 0.3 is 0 Å². The third-order valence-electron chi connectivity index (χ3n) is 4.51. The average Bonchev–Trinajstić information content (AvgIpc) is 2.98. The monoisotopic (exact) mass is 362 g/mol. The predicted octanol–water partition coefficient (Wildman–Crippen LogP) is 2.60. The van der Waals surface area contributed by atoms with Gasteiger partial charge in [0.1, 0.15) is 5.82 Å². The second kappa shape index (κ2) is 5.53. The smallest absolute Gasteiger partial charge is 0.181 e. The lowest BCUT2D eigenvalue weighted by Crippen LogP contribution is -2.37. The first-order valence-corrected chi connectivity index (χ1v) is 9.83. The van der Waals surface area contributed by atoms with Gasteiger partial charge < -0.3 is 9.80 Å². The number of nitrogens with zero attached hydrogens (tertiary/aromatic N) is 2. The van der Waals surface area contributed by atoms with E-state index in [1.54, 1.807) is 12.1 Å². The lowest BCUT2D eigenvalue weighted by molar-refractivity contribution is 0.601. The highest BCUT2D eigenvalue weighted by atomic mass is 32.2. The molecule has 124 valence electrons. The minimum Gasteiger partial charge on any atom is -0.312 e. The van der Waals surface area contributed by atoms with Gasteiger partial charge in [-0.3, -0.25) is 0 Å². The third kappa shape index (κ3) is 2.48. The fourth-order valence-electron chi connectivity index (χ4n) is 3.50. The molecule has 0 amide bonds. The Bertz CT molecular complexity index is 885. The molecule has 2 fully saturated rings. The van der Waals surface area contributed by atoms with Gasteiger partial charge in [-0.2, -0.15) is 0 Å². The number of benzene rings is 2. The maximum Gasteiger partial charge on any atom is 0.181 e. The zero-order valence-corrected chi connectivity index (χ0v) is 14.3. The summed E-state index contributed by atoms with van der Waals surface area (Å²) in [6.07, 6.45) is 0. The van der Waals surface area contributed by atoms with E-state index in [2.05, 4.69) is 0 Å². The summed E-state index contributed by atoms with van der Waals surface area (Å²) in [4.78, 5) is 3.75. The highest BCUT2D eigenvalue weighted by Crippen LogP contribution is 2.37. The van der Waals surface area contributed by atoms with Gasteiger partial charge in [-0.15, -0.1) is 0 Å². The Balaban J connectivity index is 1.80. The molecule has 0 N–H and O–H groups in total. The van der Waals surface area contributed by atoms with Gasteiger partial charge in [0.2, 0.25) is 0 Å². The number of hydrogen-bond acceptors (Lipinski definition) is 3. The van der Waals surface area contributed by atoms with Crippen LogP contribution in [0.25, 0.3) is 0 Å². The van der Waals surface area contributed by atoms with Crippen LogP contribution in [0.15, 0.2) is 54.6 Å². The molecule has 2 saturated heterocycles. The normalized spacial score (nSPS) is 25.1. The van der Waals surface area contributed by atoms with Crippen molar-refractivity contribution in [1.82, 2.24) is 0 Å². The zero-order chi connectivity index (χ0) is 16.9. The first kappa shape index (κ1) is 15.5. The number of halogens is 1. The summed E-state index contributed by atoms with van der Waals surface area (Å²) in [6, 6.07) is 15.1. The van der Waals surface area contributed by atoms with Crippen molar-refractivity contribution >= 4 is 38.5 Å². The number of rotatable bonds is 2. The molecule has 0 aliphatic carbocycles. The van der Waals surface area contributed by atoms with Gasteiger partial charge in [-0.05, 0) is 48.6 Å². The highest BCUT2D eigenvalue weighted by molar-refractivity contribution is 7.91. The molecule has 0 unspecified atom stereocenters. The topological polar surface area (TPSA) is 40.6 Å². The average molecular weight is 362 g/mol. The predicted molar refractivity (Wildman–Crippen MR) is 96.6 cm³/mol. The van der Waals surface area contributed by atoms with Crippen LogP contribution in [0.2, 0.25) is 0 Å². The van der Waals surface area contributed by atoms with Crippen molar-refractivity contribution in [3.63, 3.8) is 0 Å². The van der Waals surface area contributed by atoms with Gasteiger partial charge in [0.25, 0.3) is 0 Å². The summed E-state index contributed by atoms with van der Waals surface area (Å²) in [7, 11) is -3.14. The first-order chi connectivity index (χ1) is 11.5. The molecule has 0 bridgehead atoms. The molecule has 2 aromatic carbocycles. The van der Waals surface area contributed by atoms with Crippen LogP contribution >= 0.6 is 12.2 Å². The molecule has 7 heteroatoms. The van der Waals surface area contributed by atoms with E-state index in [1.165, 1.54) is 12.1 Å². The van der Waals surface area contributed by atoms with E-state index in [-0.39, 0.29) is 29.4 Å². The van der Waals surface area contributed by atoms with E-state index < -0.39 is 9.84 Å². The molecule has 4 rings (SSSR count). The lowest BCUT2D eigenvalue weighted by atomic mass is 10.1. The van der Waals surface area contributed by atoms with Crippen LogP contribution < -0.4 is 9.80 Å². The quantitative estimate of drug-likeness (QED) is 0.768. The molecular weight excluding hydrogens is 347 g/mol. The summed E-state index contributed by atoms with van der Waals surface area (Å²) in [5, 5.41) is 0.553. The first-order valence-electron chi connectivity index (χ1n) is 7.60. The van der Waals surface area contributed by atoms with E-state index in [9.17, 15) is 12.8 Å². The van der Waals surface area contributed by atoms with Crippen molar-refractivity contribution in [2.75, 3.05) is 21.3 Å². The fraction of sp³-hybridized carbons (Fsp3) is 0.235. The Kier molecular flexibility index (Phi) is 3.58. The zero-order valence-electron chi connectivity index (χ0n) is 12.7. The van der Waals surface area contributed by atoms with Gasteiger partial charge in [0.15, 0.2) is 14.9 Å². The maximum absolute atomic E-state index is 13.2. The van der Waals surface area contributed by atoms with Crippen LogP contribution in [0.4, 0.5) is 15.8 Å². The largest absolute Gasteiger partial charge is 0.312 e. The van der Waals surface area contributed by atoms with Crippen LogP contribution in [0.5, 0.6) is 0 Å². The molecule has 24 heavy (non-hydrogen) atoms. The number of sulfone groups is 1. The molecule has 0 radical (unpaired) electrons. The van der Waals surface area contributed by atoms with Crippen molar-refractivity contribution < 1.29 is 12.8 Å². The van der Waals surface area contributed by atoms with Crippen LogP contribution in [-0.2, 0) is 9.84 Å². The fourth-order valence-corrected chi connectivity index (χ4v) is 5.90. The number of thiocarbonyl (C=S) groups is 1. The number of para-hydroxylation sites is 1. The highest BCUT2D eigenvalue weighted by Gasteiger charge is 2.52. The Labute approximate surface area is 145 Å². The molecule has 4 nitrogen and oxygen atoms in total. The van der Waals surface area contributed by atoms with E-state index in [0.29, 0.717) is 10.8 Å². The number of anilines is 2. The van der Waals surface area contributed by atoms with Crippen LogP contribution in [-0.4, -0.2) is 37.1 Å². The minimum absolute atomic E-state index is 0.0541. The van der Waals surface area contributed by atoms with Crippen LogP contribution in [0, 0.1) is 5.82 Å². The molecule has 2 aliphatic rings. The molecule has 2 aliphatic heterocycles. The summed E-state index contributed by atoms with van der Waals surface area (Å²) < 4.78 is 37.7. The van der Waals surface area contributed by atoms with Crippen molar-refractivity contribution in [1.29, 1.82) is 0 Å². The summed E-state index contributed by atoms with van der Waals surface area (Å²) >= 11 is 5.65. The van der Waals surface area contributed by atoms with Crippen molar-refractivity contribution in [3.8, 4) is 0 Å². The maximum atomic E-state index is 13.2. The van der Waals surface area contributed by atoms with Gasteiger partial charge in [0.05, 0.1) is 23.6 Å². The molecule has 0 aromatic heterocycles. The Hall–Kier alpha value is -1.99. The van der Waals surface area contributed by atoms with Crippen molar-refractivity contribution in [2.45, 2.75) is 12.1 Å². The molecule has 0 saturated carbocycles. The molecule has 0 spiro atoms. The SMILES string of the molecule is O=S1(=O)C[C@@H]2[C@H](C1)N(c1ccc(F)cc1)C(=S)N2c1ccccc1. The van der Waals surface area contributed by atoms with Crippen LogP contribution in [0.3, 0.4) is 0 Å². The second-order valence-electron chi connectivity index (χ2n) is 6.05. The van der Waals surface area contributed by atoms with Gasteiger partial charge in [0, 0.05) is 11.4 Å². The van der Waals surface area contributed by atoms with E-state index in [1.807, 2.05) is 40.1 Å². The Morgan fingerprint density at radius 3 is 1.92 bits per heavy atom. The standard InChI is InChI=1S/C17H15FN2O2S2/c18-12-6-8-14(9-7-12)20-16-11-24(21,22)10-15(16)19(17(20)23)13-4-2-1-3-5-13/h1-9,15-16H,10-11H2/t15-,16+/m1/s1. The van der Waals surface area contributed by atoms with E-state index >= 15 is 0 Å². The Morgan fingerprint density at radius 1 is 0.875 bits per heavy atom. The molecule has 2 heterocycles. The van der Waals surface area contributed by atoms with E-state index in [4.69, 9.17) is 12.2 Å². The van der Waals surface area contributed by atoms with Gasteiger partial charge in [-0.25, -0.2) is 12.8 Å². The number of fused-ring (bicyclic) bond motifs is 1. The minimum atomic E-state index is -3.14. The third-order valence-corrected chi connectivity index (χ3v) is 6.60. The second-order valence-corrected chi connectivity index (χ2v) is 8.57. The van der Waals surface area contributed by atoms with Crippen molar-refractivity contribution in [3.05, 3.63) is 60.4 Å². The summed E-state index contributed by atoms with van der Waals surface area (Å²) in [5.41, 5.74) is 1.59. The lowest BCUT2D eigenvalue weighted by Gasteiger charge is -2.25. The molecular formula is C17H15FN2O2S2. The Morgan fingerprint density at radius 2 is 1.38 bits per heavy atom. The summed E-state index contributed by atoms with van der Waals surface area (Å²) in [6.45, 7) is 0. The van der Waals surface area contributed by atoms with Crippen molar-refractivity contribution in [2.24, 2.45) is 0 Å². The van der Waals surface area contributed by atoms with Crippen LogP contribution in [0.1, 0.15) is 0 Å².